The molecule has 2 aromatic carbocycles. The van der Waals surface area contributed by atoms with Crippen LogP contribution in [0, 0.1) is 0 Å². The third-order valence-electron chi connectivity index (χ3n) is 4.42. The number of carbonyl (C=O) groups is 3. The number of hydrogen-bond donors (Lipinski definition) is 3. The van der Waals surface area contributed by atoms with E-state index in [4.69, 9.17) is 9.84 Å². The Hall–Kier alpha value is -4.20. The highest BCUT2D eigenvalue weighted by atomic mass is 16.5. The van der Waals surface area contributed by atoms with E-state index in [9.17, 15) is 14.4 Å². The Balaban J connectivity index is 1.56. The van der Waals surface area contributed by atoms with Crippen LogP contribution in [-0.4, -0.2) is 41.5 Å². The Labute approximate surface area is 178 Å². The third-order valence-corrected chi connectivity index (χ3v) is 4.42. The Morgan fingerprint density at radius 3 is 2.35 bits per heavy atom. The summed E-state index contributed by atoms with van der Waals surface area (Å²) in [6.07, 6.45) is 2.08. The lowest BCUT2D eigenvalue weighted by atomic mass is 10.1. The first-order valence-corrected chi connectivity index (χ1v) is 9.53. The van der Waals surface area contributed by atoms with E-state index in [0.29, 0.717) is 30.0 Å². The van der Waals surface area contributed by atoms with Crippen molar-refractivity contribution in [3.63, 3.8) is 0 Å². The molecule has 0 unspecified atom stereocenters. The largest absolute Gasteiger partial charge is 0.478 e. The van der Waals surface area contributed by atoms with Gasteiger partial charge in [-0.25, -0.2) is 4.79 Å². The van der Waals surface area contributed by atoms with Gasteiger partial charge in [0.25, 0.3) is 11.8 Å². The maximum atomic E-state index is 12.2. The smallest absolute Gasteiger partial charge is 0.335 e. The van der Waals surface area contributed by atoms with Crippen LogP contribution in [0.1, 0.15) is 36.8 Å². The van der Waals surface area contributed by atoms with Gasteiger partial charge >= 0.3 is 5.97 Å². The molecule has 158 valence electrons. The van der Waals surface area contributed by atoms with Crippen LogP contribution in [0.5, 0.6) is 11.5 Å². The molecule has 2 amide bonds. The molecule has 0 bridgehead atoms. The molecule has 3 N–H and O–H groups in total. The number of carboxylic acid groups (broad SMARTS) is 1. The Bertz CT molecular complexity index is 1100. The highest BCUT2D eigenvalue weighted by Gasteiger charge is 2.09. The number of carboxylic acids is 1. The van der Waals surface area contributed by atoms with Crippen molar-refractivity contribution >= 4 is 17.8 Å². The Morgan fingerprint density at radius 1 is 0.935 bits per heavy atom. The van der Waals surface area contributed by atoms with Gasteiger partial charge in [-0.15, -0.1) is 0 Å². The summed E-state index contributed by atoms with van der Waals surface area (Å²) < 4.78 is 5.83. The fourth-order valence-electron chi connectivity index (χ4n) is 2.81. The number of amides is 2. The average Bonchev–Trinajstić information content (AvgIpc) is 2.79. The van der Waals surface area contributed by atoms with E-state index in [2.05, 4.69) is 15.6 Å². The first-order chi connectivity index (χ1) is 15.0. The van der Waals surface area contributed by atoms with Crippen molar-refractivity contribution in [2.24, 2.45) is 0 Å². The summed E-state index contributed by atoms with van der Waals surface area (Å²) in [7, 11) is 1.53. The van der Waals surface area contributed by atoms with Crippen molar-refractivity contribution in [2.45, 2.75) is 6.42 Å². The molecule has 0 saturated carbocycles. The minimum atomic E-state index is -1.04. The van der Waals surface area contributed by atoms with Gasteiger partial charge in [0.2, 0.25) is 0 Å². The number of ether oxygens (including phenoxy) is 1. The van der Waals surface area contributed by atoms with Gasteiger partial charge in [-0.3, -0.25) is 14.6 Å². The van der Waals surface area contributed by atoms with Crippen LogP contribution in [0.4, 0.5) is 0 Å². The molecule has 3 aromatic rings. The third kappa shape index (κ3) is 5.89. The molecule has 1 heterocycles. The summed E-state index contributed by atoms with van der Waals surface area (Å²) >= 11 is 0. The van der Waals surface area contributed by atoms with Crippen molar-refractivity contribution in [2.75, 3.05) is 13.6 Å². The summed E-state index contributed by atoms with van der Waals surface area (Å²) in [6, 6.07) is 16.4. The summed E-state index contributed by atoms with van der Waals surface area (Å²) in [4.78, 5) is 38.8. The van der Waals surface area contributed by atoms with Crippen LogP contribution in [0.3, 0.4) is 0 Å². The molecule has 0 aliphatic carbocycles. The first kappa shape index (κ1) is 21.5. The van der Waals surface area contributed by atoms with Crippen molar-refractivity contribution in [1.29, 1.82) is 0 Å². The van der Waals surface area contributed by atoms with Crippen LogP contribution in [-0.2, 0) is 6.42 Å². The van der Waals surface area contributed by atoms with E-state index in [1.54, 1.807) is 18.2 Å². The van der Waals surface area contributed by atoms with E-state index >= 15 is 0 Å². The van der Waals surface area contributed by atoms with Crippen molar-refractivity contribution in [3.8, 4) is 11.5 Å². The van der Waals surface area contributed by atoms with E-state index in [1.807, 2.05) is 18.2 Å². The number of hydrogen-bond acceptors (Lipinski definition) is 5. The first-order valence-electron chi connectivity index (χ1n) is 9.53. The fourth-order valence-corrected chi connectivity index (χ4v) is 2.81. The number of benzene rings is 2. The minimum absolute atomic E-state index is 0.130. The lowest BCUT2D eigenvalue weighted by molar-refractivity contribution is 0.0696. The molecule has 8 nitrogen and oxygen atoms in total. The second kappa shape index (κ2) is 10.0. The summed E-state index contributed by atoms with van der Waals surface area (Å²) in [5, 5.41) is 14.2. The summed E-state index contributed by atoms with van der Waals surface area (Å²) in [5.74, 6) is -0.521. The molecule has 0 fully saturated rings. The van der Waals surface area contributed by atoms with Gasteiger partial charge in [-0.05, 0) is 54.4 Å². The molecule has 1 aromatic heterocycles. The SMILES string of the molecule is CNC(=O)c1cc(Oc2cccc(CCNC(=O)c3ccc(C(=O)O)cc3)c2)ccn1. The molecule has 0 atom stereocenters. The lowest BCUT2D eigenvalue weighted by Crippen LogP contribution is -2.25. The minimum Gasteiger partial charge on any atom is -0.478 e. The van der Waals surface area contributed by atoms with Gasteiger partial charge in [-0.2, -0.15) is 0 Å². The van der Waals surface area contributed by atoms with E-state index in [-0.39, 0.29) is 23.1 Å². The molecule has 0 saturated heterocycles. The molecule has 0 aliphatic rings. The van der Waals surface area contributed by atoms with Gasteiger partial charge in [0, 0.05) is 31.4 Å². The maximum Gasteiger partial charge on any atom is 0.335 e. The fraction of sp³-hybridized carbons (Fsp3) is 0.130. The van der Waals surface area contributed by atoms with E-state index in [1.165, 1.54) is 37.5 Å². The number of aromatic carboxylic acids is 1. The highest BCUT2D eigenvalue weighted by molar-refractivity contribution is 5.95. The van der Waals surface area contributed by atoms with Crippen LogP contribution >= 0.6 is 0 Å². The molecule has 3 rings (SSSR count). The van der Waals surface area contributed by atoms with Gasteiger partial charge in [0.15, 0.2) is 0 Å². The van der Waals surface area contributed by atoms with Crippen LogP contribution < -0.4 is 15.4 Å². The number of aromatic nitrogens is 1. The van der Waals surface area contributed by atoms with Crippen molar-refractivity contribution in [3.05, 3.63) is 89.2 Å². The summed E-state index contributed by atoms with van der Waals surface area (Å²) in [6.45, 7) is 0.402. The number of rotatable bonds is 8. The number of pyridine rings is 1. The van der Waals surface area contributed by atoms with Crippen LogP contribution in [0.15, 0.2) is 66.9 Å². The molecule has 0 radical (unpaired) electrons. The van der Waals surface area contributed by atoms with Gasteiger partial charge in [-0.1, -0.05) is 12.1 Å². The van der Waals surface area contributed by atoms with Crippen molar-refractivity contribution in [1.82, 2.24) is 15.6 Å². The molecular weight excluding hydrogens is 398 g/mol. The average molecular weight is 419 g/mol. The molecule has 31 heavy (non-hydrogen) atoms. The predicted molar refractivity (Wildman–Crippen MR) is 114 cm³/mol. The van der Waals surface area contributed by atoms with Crippen LogP contribution in [0.2, 0.25) is 0 Å². The van der Waals surface area contributed by atoms with E-state index < -0.39 is 5.97 Å². The van der Waals surface area contributed by atoms with Crippen LogP contribution in [0.25, 0.3) is 0 Å². The van der Waals surface area contributed by atoms with Gasteiger partial charge in [0.05, 0.1) is 5.56 Å². The predicted octanol–water partition coefficient (Wildman–Crippen LogP) is 2.90. The molecule has 8 heteroatoms. The number of nitrogens with zero attached hydrogens (tertiary/aromatic N) is 1. The summed E-state index contributed by atoms with van der Waals surface area (Å²) in [5.41, 5.74) is 1.74. The zero-order chi connectivity index (χ0) is 22.2. The maximum absolute atomic E-state index is 12.2. The van der Waals surface area contributed by atoms with E-state index in [0.717, 1.165) is 5.56 Å². The second-order valence-electron chi connectivity index (χ2n) is 6.59. The Morgan fingerprint density at radius 2 is 1.65 bits per heavy atom. The quantitative estimate of drug-likeness (QED) is 0.517. The van der Waals surface area contributed by atoms with Gasteiger partial charge in [0.1, 0.15) is 17.2 Å². The second-order valence-corrected chi connectivity index (χ2v) is 6.59. The molecule has 0 spiro atoms. The molecule has 0 aliphatic heterocycles. The number of nitrogens with one attached hydrogen (secondary N) is 2. The topological polar surface area (TPSA) is 118 Å². The zero-order valence-corrected chi connectivity index (χ0v) is 16.8. The van der Waals surface area contributed by atoms with Gasteiger partial charge < -0.3 is 20.5 Å². The Kier molecular flexibility index (Phi) is 6.95. The highest BCUT2D eigenvalue weighted by Crippen LogP contribution is 2.22. The number of carbonyl (C=O) groups excluding carboxylic acids is 2. The standard InChI is InChI=1S/C23H21N3O5/c1-24-22(28)20-14-19(10-12-25-20)31-18-4-2-3-15(13-18)9-11-26-21(27)16-5-7-17(8-6-16)23(29)30/h2-8,10,12-14H,9,11H2,1H3,(H,24,28)(H,26,27)(H,29,30). The van der Waals surface area contributed by atoms with Crippen molar-refractivity contribution < 1.29 is 24.2 Å². The molecular formula is C23H21N3O5. The lowest BCUT2D eigenvalue weighted by Gasteiger charge is -2.09. The normalized spacial score (nSPS) is 10.2. The zero-order valence-electron chi connectivity index (χ0n) is 16.8. The monoisotopic (exact) mass is 419 g/mol.